The Morgan fingerprint density at radius 2 is 1.78 bits per heavy atom. The molecule has 5 heteroatoms. The molecule has 2 aromatic carbocycles. The minimum Gasteiger partial charge on any atom is -0.508 e. The molecule has 0 unspecified atom stereocenters. The minimum absolute atomic E-state index is 0.181. The van der Waals surface area contributed by atoms with Gasteiger partial charge in [0.25, 0.3) is 0 Å². The van der Waals surface area contributed by atoms with E-state index in [-0.39, 0.29) is 11.5 Å². The number of hydrogen-bond acceptors (Lipinski definition) is 4. The quantitative estimate of drug-likeness (QED) is 0.741. The Bertz CT molecular complexity index is 693. The van der Waals surface area contributed by atoms with Crippen LogP contribution >= 0.6 is 0 Å². The zero-order valence-corrected chi connectivity index (χ0v) is 12.8. The van der Waals surface area contributed by atoms with Gasteiger partial charge in [-0.3, -0.25) is 0 Å². The number of carbonyl (C=O) groups excluding carboxylic acids is 1. The minimum atomic E-state index is -0.468. The number of carbonyl (C=O) groups is 1. The number of phenols is 2. The van der Waals surface area contributed by atoms with E-state index in [0.29, 0.717) is 13.0 Å². The smallest absolute Gasteiger partial charge is 0.406 e. The lowest BCUT2D eigenvalue weighted by molar-refractivity contribution is 0.171. The first-order valence-electron chi connectivity index (χ1n) is 7.19. The van der Waals surface area contributed by atoms with E-state index < -0.39 is 6.09 Å². The molecule has 5 nitrogen and oxygen atoms in total. The van der Waals surface area contributed by atoms with Crippen molar-refractivity contribution in [2.75, 3.05) is 13.7 Å². The second-order valence-electron chi connectivity index (χ2n) is 4.98. The molecule has 3 N–H and O–H groups in total. The third-order valence-corrected chi connectivity index (χ3v) is 3.33. The topological polar surface area (TPSA) is 78.8 Å². The number of phenolic OH excluding ortho intramolecular Hbond substituents is 2. The van der Waals surface area contributed by atoms with Gasteiger partial charge in [0.2, 0.25) is 0 Å². The number of methoxy groups -OCH3 is 1. The number of amides is 1. The molecule has 0 heterocycles. The Morgan fingerprint density at radius 3 is 2.48 bits per heavy atom. The molecule has 0 atom stereocenters. The van der Waals surface area contributed by atoms with Crippen molar-refractivity contribution in [1.29, 1.82) is 0 Å². The highest BCUT2D eigenvalue weighted by molar-refractivity contribution is 5.72. The van der Waals surface area contributed by atoms with Crippen molar-refractivity contribution < 1.29 is 19.7 Å². The van der Waals surface area contributed by atoms with Crippen LogP contribution in [0, 0.1) is 0 Å². The van der Waals surface area contributed by atoms with Crippen LogP contribution in [0.1, 0.15) is 16.7 Å². The van der Waals surface area contributed by atoms with Crippen LogP contribution in [0.25, 0.3) is 12.2 Å². The summed E-state index contributed by atoms with van der Waals surface area (Å²) in [5, 5.41) is 21.6. The van der Waals surface area contributed by atoms with Gasteiger partial charge in [0.15, 0.2) is 0 Å². The predicted molar refractivity (Wildman–Crippen MR) is 89.3 cm³/mol. The van der Waals surface area contributed by atoms with Crippen LogP contribution in [0.4, 0.5) is 4.79 Å². The van der Waals surface area contributed by atoms with Gasteiger partial charge >= 0.3 is 6.09 Å². The van der Waals surface area contributed by atoms with Crippen molar-refractivity contribution in [3.63, 3.8) is 0 Å². The number of ether oxygens (including phenoxy) is 1. The highest BCUT2D eigenvalue weighted by Crippen LogP contribution is 2.20. The molecule has 23 heavy (non-hydrogen) atoms. The van der Waals surface area contributed by atoms with Crippen molar-refractivity contribution in [1.82, 2.24) is 5.32 Å². The highest BCUT2D eigenvalue weighted by Gasteiger charge is 2.03. The summed E-state index contributed by atoms with van der Waals surface area (Å²) in [7, 11) is 1.32. The number of aromatic hydroxyl groups is 2. The van der Waals surface area contributed by atoms with Crippen molar-refractivity contribution in [3.05, 3.63) is 59.2 Å². The third kappa shape index (κ3) is 5.07. The molecule has 0 saturated carbocycles. The van der Waals surface area contributed by atoms with E-state index in [0.717, 1.165) is 16.7 Å². The van der Waals surface area contributed by atoms with Gasteiger partial charge in [0.05, 0.1) is 7.11 Å². The first-order chi connectivity index (χ1) is 11.1. The summed E-state index contributed by atoms with van der Waals surface area (Å²) in [6.45, 7) is 0.442. The SMILES string of the molecule is COC(=O)NCCc1ccc(O)cc1/C=C/c1ccc(O)cc1. The first kappa shape index (κ1) is 16.4. The number of nitrogens with one attached hydrogen (secondary N) is 1. The number of benzene rings is 2. The predicted octanol–water partition coefficient (Wildman–Crippen LogP) is 3.17. The summed E-state index contributed by atoms with van der Waals surface area (Å²) < 4.78 is 4.53. The van der Waals surface area contributed by atoms with Gasteiger partial charge in [-0.1, -0.05) is 30.4 Å². The maximum absolute atomic E-state index is 11.1. The van der Waals surface area contributed by atoms with Crippen molar-refractivity contribution in [2.45, 2.75) is 6.42 Å². The first-order valence-corrected chi connectivity index (χ1v) is 7.19. The molecular formula is C18H19NO4. The van der Waals surface area contributed by atoms with Gasteiger partial charge in [-0.2, -0.15) is 0 Å². The largest absolute Gasteiger partial charge is 0.508 e. The van der Waals surface area contributed by atoms with E-state index in [1.165, 1.54) is 7.11 Å². The Morgan fingerprint density at radius 1 is 1.09 bits per heavy atom. The second kappa shape index (κ2) is 7.89. The van der Waals surface area contributed by atoms with Crippen LogP contribution in [-0.4, -0.2) is 30.0 Å². The molecule has 0 aromatic heterocycles. The molecule has 0 fully saturated rings. The summed E-state index contributed by atoms with van der Waals surface area (Å²) in [5.74, 6) is 0.397. The Balaban J connectivity index is 2.11. The highest BCUT2D eigenvalue weighted by atomic mass is 16.5. The summed E-state index contributed by atoms with van der Waals surface area (Å²) in [6.07, 6.45) is 3.93. The van der Waals surface area contributed by atoms with E-state index in [1.54, 1.807) is 36.4 Å². The van der Waals surface area contributed by atoms with Crippen LogP contribution in [0.5, 0.6) is 11.5 Å². The van der Waals surface area contributed by atoms with E-state index in [9.17, 15) is 15.0 Å². The average molecular weight is 313 g/mol. The molecule has 0 bridgehead atoms. The summed E-state index contributed by atoms with van der Waals surface area (Å²) >= 11 is 0. The van der Waals surface area contributed by atoms with Crippen molar-refractivity contribution in [3.8, 4) is 11.5 Å². The van der Waals surface area contributed by atoms with Gasteiger partial charge < -0.3 is 20.3 Å². The monoisotopic (exact) mass is 313 g/mol. The lowest BCUT2D eigenvalue weighted by Crippen LogP contribution is -2.25. The second-order valence-corrected chi connectivity index (χ2v) is 4.98. The number of rotatable bonds is 5. The molecule has 0 aliphatic carbocycles. The molecule has 1 amide bonds. The number of alkyl carbamates (subject to hydrolysis) is 1. The molecule has 0 radical (unpaired) electrons. The van der Waals surface area contributed by atoms with Crippen LogP contribution in [0.3, 0.4) is 0 Å². The van der Waals surface area contributed by atoms with Crippen molar-refractivity contribution in [2.24, 2.45) is 0 Å². The Hall–Kier alpha value is -2.95. The normalized spacial score (nSPS) is 10.7. The zero-order chi connectivity index (χ0) is 16.7. The molecule has 120 valence electrons. The van der Waals surface area contributed by atoms with Gasteiger partial charge in [0, 0.05) is 6.54 Å². The summed E-state index contributed by atoms with van der Waals surface area (Å²) in [6, 6.07) is 11.9. The van der Waals surface area contributed by atoms with E-state index >= 15 is 0 Å². The molecule has 0 spiro atoms. The Labute approximate surface area is 134 Å². The standard InChI is InChI=1S/C18H19NO4/c1-23-18(22)19-11-10-14-6-9-17(21)12-15(14)5-2-13-3-7-16(20)8-4-13/h2-9,12,20-21H,10-11H2,1H3,(H,19,22)/b5-2+. The fraction of sp³-hybridized carbons (Fsp3) is 0.167. The van der Waals surface area contributed by atoms with Gasteiger partial charge in [-0.05, 0) is 47.4 Å². The van der Waals surface area contributed by atoms with Crippen LogP contribution in [0.15, 0.2) is 42.5 Å². The molecule has 0 aliphatic heterocycles. The molecule has 2 aromatic rings. The molecular weight excluding hydrogens is 294 g/mol. The summed E-state index contributed by atoms with van der Waals surface area (Å²) in [5.41, 5.74) is 2.80. The van der Waals surface area contributed by atoms with Gasteiger partial charge in [0.1, 0.15) is 11.5 Å². The van der Waals surface area contributed by atoms with Crippen LogP contribution < -0.4 is 5.32 Å². The maximum Gasteiger partial charge on any atom is 0.406 e. The van der Waals surface area contributed by atoms with Gasteiger partial charge in [-0.25, -0.2) is 4.79 Å². The van der Waals surface area contributed by atoms with E-state index in [2.05, 4.69) is 10.1 Å². The Kier molecular flexibility index (Phi) is 5.63. The number of hydrogen-bond donors (Lipinski definition) is 3. The van der Waals surface area contributed by atoms with Crippen LogP contribution in [0.2, 0.25) is 0 Å². The van der Waals surface area contributed by atoms with E-state index in [4.69, 9.17) is 0 Å². The molecule has 0 saturated heterocycles. The van der Waals surface area contributed by atoms with Gasteiger partial charge in [-0.15, -0.1) is 0 Å². The third-order valence-electron chi connectivity index (χ3n) is 3.33. The average Bonchev–Trinajstić information content (AvgIpc) is 2.55. The lowest BCUT2D eigenvalue weighted by atomic mass is 10.0. The molecule has 2 rings (SSSR count). The lowest BCUT2D eigenvalue weighted by Gasteiger charge is -2.08. The van der Waals surface area contributed by atoms with E-state index in [1.807, 2.05) is 18.2 Å². The fourth-order valence-electron chi connectivity index (χ4n) is 2.11. The fourth-order valence-corrected chi connectivity index (χ4v) is 2.11. The van der Waals surface area contributed by atoms with Crippen LogP contribution in [-0.2, 0) is 11.2 Å². The molecule has 0 aliphatic rings. The van der Waals surface area contributed by atoms with Crippen molar-refractivity contribution >= 4 is 18.2 Å². The zero-order valence-electron chi connectivity index (χ0n) is 12.8. The maximum atomic E-state index is 11.1. The summed E-state index contributed by atoms with van der Waals surface area (Å²) in [4.78, 5) is 11.1.